The fourth-order valence-corrected chi connectivity index (χ4v) is 2.76. The zero-order chi connectivity index (χ0) is 20.8. The maximum absolute atomic E-state index is 9.45. The highest BCUT2D eigenvalue weighted by Crippen LogP contribution is 2.31. The van der Waals surface area contributed by atoms with Crippen LogP contribution in [0.5, 0.6) is 17.2 Å². The van der Waals surface area contributed by atoms with Crippen LogP contribution in [-0.2, 0) is 0 Å². The molecule has 0 saturated carbocycles. The highest BCUT2D eigenvalue weighted by molar-refractivity contribution is 5.66. The van der Waals surface area contributed by atoms with Gasteiger partial charge in [0, 0.05) is 23.5 Å². The number of methoxy groups -OCH3 is 2. The Kier molecular flexibility index (Phi) is 6.15. The average Bonchev–Trinajstić information content (AvgIpc) is 2.73. The molecule has 0 radical (unpaired) electrons. The molecule has 7 nitrogen and oxygen atoms in total. The summed E-state index contributed by atoms with van der Waals surface area (Å²) in [6.45, 7) is 3.84. The van der Waals surface area contributed by atoms with E-state index in [0.29, 0.717) is 34.5 Å². The summed E-state index contributed by atoms with van der Waals surface area (Å²) in [6, 6.07) is 14.9. The average molecular weight is 390 g/mol. The van der Waals surface area contributed by atoms with Gasteiger partial charge in [-0.1, -0.05) is 0 Å². The van der Waals surface area contributed by atoms with Crippen molar-refractivity contribution in [1.29, 1.82) is 5.26 Å². The zero-order valence-electron chi connectivity index (χ0n) is 16.8. The molecule has 2 aromatic carbocycles. The van der Waals surface area contributed by atoms with Gasteiger partial charge in [-0.2, -0.15) is 5.26 Å². The van der Waals surface area contributed by atoms with E-state index in [1.165, 1.54) is 0 Å². The van der Waals surface area contributed by atoms with Crippen LogP contribution in [0.3, 0.4) is 0 Å². The predicted octanol–water partition coefficient (Wildman–Crippen LogP) is 4.56. The molecular weight excluding hydrogens is 368 g/mol. The van der Waals surface area contributed by atoms with Crippen LogP contribution >= 0.6 is 0 Å². The number of nitriles is 1. The van der Waals surface area contributed by atoms with Crippen molar-refractivity contribution in [2.45, 2.75) is 20.0 Å². The van der Waals surface area contributed by atoms with E-state index in [2.05, 4.69) is 21.4 Å². The number of anilines is 2. The summed E-state index contributed by atoms with van der Waals surface area (Å²) in [5, 5.41) is 12.6. The van der Waals surface area contributed by atoms with Crippen LogP contribution in [-0.4, -0.2) is 30.3 Å². The first-order valence-corrected chi connectivity index (χ1v) is 9.07. The Labute approximate surface area is 169 Å². The van der Waals surface area contributed by atoms with Crippen molar-refractivity contribution >= 4 is 11.6 Å². The standard InChI is InChI=1S/C22H22N4O3/c1-14(2)29-19-7-5-15(11-16(19)13-23)18-9-10-24-22(26-18)25-17-6-8-20(27-3)21(12-17)28-4/h5-12,14H,1-4H3,(H,24,25,26). The van der Waals surface area contributed by atoms with Crippen LogP contribution in [0.25, 0.3) is 11.3 Å². The molecule has 0 fully saturated rings. The largest absolute Gasteiger partial charge is 0.493 e. The summed E-state index contributed by atoms with van der Waals surface area (Å²) in [5.41, 5.74) is 2.72. The van der Waals surface area contributed by atoms with E-state index >= 15 is 0 Å². The summed E-state index contributed by atoms with van der Waals surface area (Å²) in [5.74, 6) is 2.23. The Balaban J connectivity index is 1.87. The third kappa shape index (κ3) is 4.74. The van der Waals surface area contributed by atoms with Gasteiger partial charge in [0.2, 0.25) is 5.95 Å². The van der Waals surface area contributed by atoms with Gasteiger partial charge in [-0.25, -0.2) is 9.97 Å². The van der Waals surface area contributed by atoms with Gasteiger partial charge >= 0.3 is 0 Å². The summed E-state index contributed by atoms with van der Waals surface area (Å²) < 4.78 is 16.3. The van der Waals surface area contributed by atoms with Crippen molar-refractivity contribution in [1.82, 2.24) is 9.97 Å². The lowest BCUT2D eigenvalue weighted by Gasteiger charge is -2.13. The van der Waals surface area contributed by atoms with Crippen molar-refractivity contribution in [3.63, 3.8) is 0 Å². The van der Waals surface area contributed by atoms with E-state index in [1.54, 1.807) is 50.7 Å². The molecular formula is C22H22N4O3. The van der Waals surface area contributed by atoms with E-state index in [9.17, 15) is 5.26 Å². The van der Waals surface area contributed by atoms with Gasteiger partial charge in [0.1, 0.15) is 11.8 Å². The summed E-state index contributed by atoms with van der Waals surface area (Å²) in [6.07, 6.45) is 1.65. The summed E-state index contributed by atoms with van der Waals surface area (Å²) in [4.78, 5) is 8.83. The summed E-state index contributed by atoms with van der Waals surface area (Å²) >= 11 is 0. The van der Waals surface area contributed by atoms with Gasteiger partial charge in [0.05, 0.1) is 31.6 Å². The Bertz CT molecular complexity index is 1040. The first-order chi connectivity index (χ1) is 14.0. The molecule has 0 amide bonds. The Hall–Kier alpha value is -3.79. The van der Waals surface area contributed by atoms with Crippen molar-refractivity contribution < 1.29 is 14.2 Å². The van der Waals surface area contributed by atoms with Gasteiger partial charge in [-0.05, 0) is 50.2 Å². The van der Waals surface area contributed by atoms with E-state index in [0.717, 1.165) is 11.3 Å². The van der Waals surface area contributed by atoms with Crippen molar-refractivity contribution in [3.8, 4) is 34.6 Å². The van der Waals surface area contributed by atoms with Gasteiger partial charge in [-0.15, -0.1) is 0 Å². The first kappa shape index (κ1) is 20.0. The lowest BCUT2D eigenvalue weighted by atomic mass is 10.1. The molecule has 0 saturated heterocycles. The third-order valence-corrected chi connectivity index (χ3v) is 4.05. The molecule has 3 rings (SSSR count). The quantitative estimate of drug-likeness (QED) is 0.632. The molecule has 0 atom stereocenters. The van der Waals surface area contributed by atoms with Crippen LogP contribution in [0, 0.1) is 11.3 Å². The second-order valence-corrected chi connectivity index (χ2v) is 6.45. The molecule has 0 bridgehead atoms. The molecule has 1 aromatic heterocycles. The van der Waals surface area contributed by atoms with Gasteiger partial charge in [-0.3, -0.25) is 0 Å². The van der Waals surface area contributed by atoms with Crippen LogP contribution in [0.4, 0.5) is 11.6 Å². The van der Waals surface area contributed by atoms with Gasteiger partial charge in [0.25, 0.3) is 0 Å². The monoisotopic (exact) mass is 390 g/mol. The van der Waals surface area contributed by atoms with Gasteiger partial charge in [0.15, 0.2) is 11.5 Å². The maximum Gasteiger partial charge on any atom is 0.227 e. The molecule has 1 heterocycles. The van der Waals surface area contributed by atoms with Crippen LogP contribution < -0.4 is 19.5 Å². The molecule has 29 heavy (non-hydrogen) atoms. The van der Waals surface area contributed by atoms with E-state index in [1.807, 2.05) is 26.0 Å². The van der Waals surface area contributed by atoms with E-state index < -0.39 is 0 Å². The topological polar surface area (TPSA) is 89.3 Å². The number of hydrogen-bond acceptors (Lipinski definition) is 7. The van der Waals surface area contributed by atoms with Gasteiger partial charge < -0.3 is 19.5 Å². The fourth-order valence-electron chi connectivity index (χ4n) is 2.76. The number of nitrogens with one attached hydrogen (secondary N) is 1. The molecule has 148 valence electrons. The molecule has 0 unspecified atom stereocenters. The third-order valence-electron chi connectivity index (χ3n) is 4.05. The van der Waals surface area contributed by atoms with E-state index in [4.69, 9.17) is 14.2 Å². The smallest absolute Gasteiger partial charge is 0.227 e. The Morgan fingerprint density at radius 3 is 2.41 bits per heavy atom. The SMILES string of the molecule is COc1ccc(Nc2nccc(-c3ccc(OC(C)C)c(C#N)c3)n2)cc1OC. The highest BCUT2D eigenvalue weighted by Gasteiger charge is 2.10. The maximum atomic E-state index is 9.45. The molecule has 0 aliphatic carbocycles. The minimum atomic E-state index is -0.00992. The molecule has 0 aliphatic rings. The normalized spacial score (nSPS) is 10.3. The number of ether oxygens (including phenoxy) is 3. The number of hydrogen-bond donors (Lipinski definition) is 1. The zero-order valence-corrected chi connectivity index (χ0v) is 16.8. The molecule has 7 heteroatoms. The van der Waals surface area contributed by atoms with Crippen LogP contribution in [0.2, 0.25) is 0 Å². The van der Waals surface area contributed by atoms with Crippen molar-refractivity contribution in [2.75, 3.05) is 19.5 Å². The number of aromatic nitrogens is 2. The molecule has 0 spiro atoms. The lowest BCUT2D eigenvalue weighted by molar-refractivity contribution is 0.242. The molecule has 1 N–H and O–H groups in total. The number of rotatable bonds is 7. The highest BCUT2D eigenvalue weighted by atomic mass is 16.5. The second-order valence-electron chi connectivity index (χ2n) is 6.45. The predicted molar refractivity (Wildman–Crippen MR) is 111 cm³/mol. The second kappa shape index (κ2) is 8.93. The molecule has 0 aliphatic heterocycles. The fraction of sp³-hybridized carbons (Fsp3) is 0.227. The number of benzene rings is 2. The lowest BCUT2D eigenvalue weighted by Crippen LogP contribution is -2.06. The Morgan fingerprint density at radius 1 is 0.966 bits per heavy atom. The van der Waals surface area contributed by atoms with Crippen molar-refractivity contribution in [2.24, 2.45) is 0 Å². The minimum Gasteiger partial charge on any atom is -0.493 e. The van der Waals surface area contributed by atoms with Crippen LogP contribution in [0.15, 0.2) is 48.7 Å². The summed E-state index contributed by atoms with van der Waals surface area (Å²) in [7, 11) is 3.17. The Morgan fingerprint density at radius 2 is 1.72 bits per heavy atom. The molecule has 3 aromatic rings. The van der Waals surface area contributed by atoms with E-state index in [-0.39, 0.29) is 6.10 Å². The number of nitrogens with zero attached hydrogens (tertiary/aromatic N) is 3. The first-order valence-electron chi connectivity index (χ1n) is 9.07. The van der Waals surface area contributed by atoms with Crippen molar-refractivity contribution in [3.05, 3.63) is 54.2 Å². The minimum absolute atomic E-state index is 0.00992. The van der Waals surface area contributed by atoms with Crippen LogP contribution in [0.1, 0.15) is 19.4 Å².